The Labute approximate surface area is 173 Å². The highest BCUT2D eigenvalue weighted by Gasteiger charge is 2.32. The van der Waals surface area contributed by atoms with E-state index in [-0.39, 0.29) is 0 Å². The molecule has 2 aromatic rings. The number of piperazine rings is 1. The fraction of sp³-hybridized carbons (Fsp3) is 0.455. The summed E-state index contributed by atoms with van der Waals surface area (Å²) in [5.41, 5.74) is 3.45. The minimum absolute atomic E-state index is 0.516. The van der Waals surface area contributed by atoms with Gasteiger partial charge in [-0.25, -0.2) is 8.42 Å². The lowest BCUT2D eigenvalue weighted by Gasteiger charge is -2.35. The number of nitrogens with zero attached hydrogens (tertiary/aromatic N) is 2. The highest BCUT2D eigenvalue weighted by Crippen LogP contribution is 2.40. The first-order valence-electron chi connectivity index (χ1n) is 10.1. The number of sulfonamides is 1. The number of benzene rings is 2. The van der Waals surface area contributed by atoms with Gasteiger partial charge in [-0.2, -0.15) is 4.31 Å². The molecular weight excluding hydrogens is 388 g/mol. The van der Waals surface area contributed by atoms with Crippen LogP contribution in [-0.4, -0.2) is 50.3 Å². The van der Waals surface area contributed by atoms with E-state index in [2.05, 4.69) is 48.2 Å². The summed E-state index contributed by atoms with van der Waals surface area (Å²) in [6.45, 7) is 7.90. The van der Waals surface area contributed by atoms with Gasteiger partial charge in [0, 0.05) is 36.0 Å². The average molecular weight is 417 g/mol. The minimum atomic E-state index is -3.34. The van der Waals surface area contributed by atoms with Crippen molar-refractivity contribution in [3.63, 3.8) is 0 Å². The Morgan fingerprint density at radius 3 is 2.46 bits per heavy atom. The fourth-order valence-corrected chi connectivity index (χ4v) is 6.75. The number of hydrogen-bond donors (Lipinski definition) is 0. The van der Waals surface area contributed by atoms with Crippen LogP contribution in [0.25, 0.3) is 0 Å². The summed E-state index contributed by atoms with van der Waals surface area (Å²) in [6.07, 6.45) is 1.98. The molecule has 2 aliphatic heterocycles. The van der Waals surface area contributed by atoms with Crippen molar-refractivity contribution in [1.82, 2.24) is 9.21 Å². The van der Waals surface area contributed by atoms with Crippen molar-refractivity contribution >= 4 is 21.8 Å². The third kappa shape index (κ3) is 3.88. The lowest BCUT2D eigenvalue weighted by atomic mass is 10.0. The van der Waals surface area contributed by atoms with E-state index < -0.39 is 15.3 Å². The maximum absolute atomic E-state index is 13.2. The van der Waals surface area contributed by atoms with Crippen LogP contribution in [0.3, 0.4) is 0 Å². The fourth-order valence-electron chi connectivity index (χ4n) is 4.08. The van der Waals surface area contributed by atoms with E-state index in [4.69, 9.17) is 0 Å². The first-order chi connectivity index (χ1) is 13.5. The zero-order valence-electron chi connectivity index (χ0n) is 16.6. The van der Waals surface area contributed by atoms with Gasteiger partial charge in [0.2, 0.25) is 10.0 Å². The van der Waals surface area contributed by atoms with Crippen molar-refractivity contribution < 1.29 is 8.42 Å². The van der Waals surface area contributed by atoms with Gasteiger partial charge in [0.1, 0.15) is 0 Å². The largest absolute Gasteiger partial charge is 0.301 e. The third-order valence-electron chi connectivity index (χ3n) is 5.81. The van der Waals surface area contributed by atoms with E-state index >= 15 is 0 Å². The molecule has 1 atom stereocenters. The van der Waals surface area contributed by atoms with E-state index in [1.54, 1.807) is 16.1 Å². The molecule has 4 rings (SSSR count). The minimum Gasteiger partial charge on any atom is -0.301 e. The van der Waals surface area contributed by atoms with Gasteiger partial charge in [-0.15, -0.1) is 0 Å². The van der Waals surface area contributed by atoms with Crippen molar-refractivity contribution in [2.75, 3.05) is 32.7 Å². The molecule has 0 radical (unpaired) electrons. The molecule has 6 heteroatoms. The Balaban J connectivity index is 1.52. The van der Waals surface area contributed by atoms with Crippen LogP contribution in [-0.2, 0) is 16.4 Å². The summed E-state index contributed by atoms with van der Waals surface area (Å²) in [4.78, 5) is 4.89. The lowest BCUT2D eigenvalue weighted by Crippen LogP contribution is -2.49. The first-order valence-corrected chi connectivity index (χ1v) is 12.4. The van der Waals surface area contributed by atoms with Crippen LogP contribution in [0.2, 0.25) is 0 Å². The standard InChI is InChI=1S/C22H28N2O2S2/c1-3-10-23-11-13-24(14-12-23)28(25,26)17(2)18-8-9-22-20(15-18)16-19-6-4-5-7-21(19)27-22/h4-9,15,17H,3,10-14,16H2,1-2H3. The molecule has 0 bridgehead atoms. The topological polar surface area (TPSA) is 40.6 Å². The molecule has 0 aromatic heterocycles. The van der Waals surface area contributed by atoms with Crippen LogP contribution >= 0.6 is 11.8 Å². The quantitative estimate of drug-likeness (QED) is 0.626. The van der Waals surface area contributed by atoms with Gasteiger partial charge in [0.15, 0.2) is 0 Å². The third-order valence-corrected chi connectivity index (χ3v) is 9.29. The van der Waals surface area contributed by atoms with Gasteiger partial charge in [-0.05, 0) is 55.1 Å². The van der Waals surface area contributed by atoms with E-state index in [0.717, 1.165) is 38.0 Å². The van der Waals surface area contributed by atoms with Gasteiger partial charge in [0.25, 0.3) is 0 Å². The molecule has 2 heterocycles. The first kappa shape index (κ1) is 20.0. The Morgan fingerprint density at radius 2 is 1.71 bits per heavy atom. The van der Waals surface area contributed by atoms with Crippen molar-refractivity contribution in [3.05, 3.63) is 59.2 Å². The SMILES string of the molecule is CCCN1CCN(S(=O)(=O)C(C)c2ccc3c(c2)Cc2ccccc2S3)CC1. The van der Waals surface area contributed by atoms with E-state index in [9.17, 15) is 8.42 Å². The van der Waals surface area contributed by atoms with Gasteiger partial charge in [-0.3, -0.25) is 0 Å². The Hall–Kier alpha value is -1.34. The summed E-state index contributed by atoms with van der Waals surface area (Å²) < 4.78 is 28.1. The molecule has 2 aromatic carbocycles. The summed E-state index contributed by atoms with van der Waals surface area (Å²) in [7, 11) is -3.34. The molecular formula is C22H28N2O2S2. The molecule has 28 heavy (non-hydrogen) atoms. The molecule has 0 aliphatic carbocycles. The lowest BCUT2D eigenvalue weighted by molar-refractivity contribution is 0.188. The Bertz CT molecular complexity index is 951. The van der Waals surface area contributed by atoms with E-state index in [1.807, 2.05) is 13.0 Å². The summed E-state index contributed by atoms with van der Waals surface area (Å²) in [5.74, 6) is 0. The maximum Gasteiger partial charge on any atom is 0.220 e. The van der Waals surface area contributed by atoms with E-state index in [0.29, 0.717) is 13.1 Å². The number of hydrogen-bond acceptors (Lipinski definition) is 4. The van der Waals surface area contributed by atoms with Crippen molar-refractivity contribution in [2.45, 2.75) is 41.7 Å². The predicted octanol–water partition coefficient (Wildman–Crippen LogP) is 4.16. The van der Waals surface area contributed by atoms with Crippen molar-refractivity contribution in [3.8, 4) is 0 Å². The second-order valence-corrected chi connectivity index (χ2v) is 11.0. The van der Waals surface area contributed by atoms with Gasteiger partial charge in [0.05, 0.1) is 5.25 Å². The van der Waals surface area contributed by atoms with Crippen LogP contribution in [0, 0.1) is 0 Å². The van der Waals surface area contributed by atoms with Crippen LogP contribution in [0.4, 0.5) is 0 Å². The molecule has 1 fully saturated rings. The summed E-state index contributed by atoms with van der Waals surface area (Å²) in [5, 5.41) is -0.516. The Kier molecular flexibility index (Phi) is 5.83. The molecule has 0 spiro atoms. The average Bonchev–Trinajstić information content (AvgIpc) is 2.72. The number of rotatable bonds is 5. The molecule has 0 N–H and O–H groups in total. The second-order valence-electron chi connectivity index (χ2n) is 7.68. The zero-order chi connectivity index (χ0) is 19.7. The van der Waals surface area contributed by atoms with Crippen LogP contribution in [0.1, 0.15) is 42.2 Å². The molecule has 2 aliphatic rings. The molecule has 4 nitrogen and oxygen atoms in total. The Morgan fingerprint density at radius 1 is 1.00 bits per heavy atom. The number of fused-ring (bicyclic) bond motifs is 2. The maximum atomic E-state index is 13.2. The molecule has 0 saturated carbocycles. The van der Waals surface area contributed by atoms with Crippen LogP contribution in [0.15, 0.2) is 52.3 Å². The molecule has 150 valence electrons. The normalized spacial score (nSPS) is 19.1. The highest BCUT2D eigenvalue weighted by atomic mass is 32.2. The smallest absolute Gasteiger partial charge is 0.220 e. The highest BCUT2D eigenvalue weighted by molar-refractivity contribution is 7.99. The van der Waals surface area contributed by atoms with Gasteiger partial charge in [-0.1, -0.05) is 49.0 Å². The molecule has 0 amide bonds. The van der Waals surface area contributed by atoms with Crippen LogP contribution in [0.5, 0.6) is 0 Å². The molecule has 1 unspecified atom stereocenters. The molecule has 1 saturated heterocycles. The van der Waals surface area contributed by atoms with Crippen molar-refractivity contribution in [1.29, 1.82) is 0 Å². The predicted molar refractivity (Wildman–Crippen MR) is 115 cm³/mol. The van der Waals surface area contributed by atoms with Crippen molar-refractivity contribution in [2.24, 2.45) is 0 Å². The van der Waals surface area contributed by atoms with Gasteiger partial charge < -0.3 is 4.90 Å². The van der Waals surface area contributed by atoms with Crippen LogP contribution < -0.4 is 0 Å². The zero-order valence-corrected chi connectivity index (χ0v) is 18.2. The summed E-state index contributed by atoms with van der Waals surface area (Å²) >= 11 is 1.78. The van der Waals surface area contributed by atoms with Gasteiger partial charge >= 0.3 is 0 Å². The second kappa shape index (κ2) is 8.19. The monoisotopic (exact) mass is 416 g/mol. The van der Waals surface area contributed by atoms with E-state index in [1.165, 1.54) is 20.9 Å². The summed E-state index contributed by atoms with van der Waals surface area (Å²) in [6, 6.07) is 14.6.